The lowest BCUT2D eigenvalue weighted by molar-refractivity contribution is -0.131. The Labute approximate surface area is 85.1 Å². The van der Waals surface area contributed by atoms with E-state index in [9.17, 15) is 4.79 Å². The molecule has 0 saturated heterocycles. The Kier molecular flexibility index (Phi) is 3.48. The number of amides is 1. The maximum absolute atomic E-state index is 11.6. The van der Waals surface area contributed by atoms with Crippen LogP contribution in [0.15, 0.2) is 0 Å². The molecule has 4 heteroatoms. The zero-order valence-corrected chi connectivity index (χ0v) is 9.03. The van der Waals surface area contributed by atoms with Crippen LogP contribution in [0.4, 0.5) is 0 Å². The van der Waals surface area contributed by atoms with Gasteiger partial charge in [0.25, 0.3) is 0 Å². The second-order valence-electron chi connectivity index (χ2n) is 3.96. The van der Waals surface area contributed by atoms with Crippen molar-refractivity contribution < 1.29 is 4.79 Å². The molecule has 1 aliphatic rings. The summed E-state index contributed by atoms with van der Waals surface area (Å²) in [4.78, 5) is 15.2. The van der Waals surface area contributed by atoms with Crippen LogP contribution in [0.1, 0.15) is 19.8 Å². The summed E-state index contributed by atoms with van der Waals surface area (Å²) in [5, 5.41) is 8.66. The minimum Gasteiger partial charge on any atom is -0.342 e. The molecule has 0 N–H and O–H groups in total. The number of carbonyl (C=O) groups is 1. The monoisotopic (exact) mass is 195 g/mol. The molecule has 1 fully saturated rings. The normalized spacial score (nSPS) is 17.6. The van der Waals surface area contributed by atoms with Gasteiger partial charge in [-0.3, -0.25) is 9.69 Å². The molecule has 1 atom stereocenters. The SMILES string of the molecule is CC(C#N)N(C)CC(=O)N(C)C1CC1. The van der Waals surface area contributed by atoms with Crippen molar-refractivity contribution in [2.24, 2.45) is 0 Å². The third-order valence-electron chi connectivity index (χ3n) is 2.72. The highest BCUT2D eigenvalue weighted by Gasteiger charge is 2.30. The summed E-state index contributed by atoms with van der Waals surface area (Å²) < 4.78 is 0. The number of rotatable bonds is 4. The Morgan fingerprint density at radius 1 is 1.57 bits per heavy atom. The van der Waals surface area contributed by atoms with E-state index in [4.69, 9.17) is 5.26 Å². The molecular formula is C10H17N3O. The maximum Gasteiger partial charge on any atom is 0.236 e. The molecule has 0 aromatic heterocycles. The van der Waals surface area contributed by atoms with E-state index in [-0.39, 0.29) is 11.9 Å². The lowest BCUT2D eigenvalue weighted by Crippen LogP contribution is -2.40. The van der Waals surface area contributed by atoms with E-state index in [0.717, 1.165) is 12.8 Å². The molecule has 1 aliphatic carbocycles. The van der Waals surface area contributed by atoms with Gasteiger partial charge in [-0.1, -0.05) is 0 Å². The van der Waals surface area contributed by atoms with Gasteiger partial charge >= 0.3 is 0 Å². The lowest BCUT2D eigenvalue weighted by atomic mass is 10.3. The summed E-state index contributed by atoms with van der Waals surface area (Å²) in [6.07, 6.45) is 2.25. The van der Waals surface area contributed by atoms with Gasteiger partial charge < -0.3 is 4.90 Å². The Hall–Kier alpha value is -1.08. The van der Waals surface area contributed by atoms with Crippen molar-refractivity contribution in [2.45, 2.75) is 31.8 Å². The molecule has 78 valence electrons. The van der Waals surface area contributed by atoms with Gasteiger partial charge in [-0.05, 0) is 26.8 Å². The summed E-state index contributed by atoms with van der Waals surface area (Å²) in [5.41, 5.74) is 0. The van der Waals surface area contributed by atoms with E-state index in [1.165, 1.54) is 0 Å². The lowest BCUT2D eigenvalue weighted by Gasteiger charge is -2.22. The van der Waals surface area contributed by atoms with Crippen molar-refractivity contribution in [1.29, 1.82) is 5.26 Å². The smallest absolute Gasteiger partial charge is 0.236 e. The Morgan fingerprint density at radius 3 is 2.57 bits per heavy atom. The highest BCUT2D eigenvalue weighted by atomic mass is 16.2. The van der Waals surface area contributed by atoms with E-state index in [2.05, 4.69) is 6.07 Å². The molecule has 0 spiro atoms. The van der Waals surface area contributed by atoms with Crippen molar-refractivity contribution in [3.8, 4) is 6.07 Å². The first-order valence-corrected chi connectivity index (χ1v) is 4.91. The van der Waals surface area contributed by atoms with Crippen molar-refractivity contribution in [3.05, 3.63) is 0 Å². The van der Waals surface area contributed by atoms with Gasteiger partial charge in [-0.15, -0.1) is 0 Å². The van der Waals surface area contributed by atoms with Gasteiger partial charge in [0.05, 0.1) is 18.7 Å². The molecule has 0 aromatic carbocycles. The number of hydrogen-bond donors (Lipinski definition) is 0. The van der Waals surface area contributed by atoms with Gasteiger partial charge in [0.15, 0.2) is 0 Å². The Bertz CT molecular complexity index is 255. The first-order valence-electron chi connectivity index (χ1n) is 4.91. The van der Waals surface area contributed by atoms with Gasteiger partial charge in [0, 0.05) is 13.1 Å². The first kappa shape index (κ1) is 11.0. The van der Waals surface area contributed by atoms with E-state index < -0.39 is 0 Å². The molecular weight excluding hydrogens is 178 g/mol. The number of nitriles is 1. The van der Waals surface area contributed by atoms with Crippen molar-refractivity contribution >= 4 is 5.91 Å². The zero-order valence-electron chi connectivity index (χ0n) is 9.03. The molecule has 1 saturated carbocycles. The van der Waals surface area contributed by atoms with Gasteiger partial charge in [0.2, 0.25) is 5.91 Å². The third-order valence-corrected chi connectivity index (χ3v) is 2.72. The van der Waals surface area contributed by atoms with Crippen LogP contribution in [-0.2, 0) is 4.79 Å². The quantitative estimate of drug-likeness (QED) is 0.654. The average Bonchev–Trinajstić information content (AvgIpc) is 2.98. The number of likely N-dealkylation sites (N-methyl/N-ethyl adjacent to an activating group) is 2. The third kappa shape index (κ3) is 2.71. The van der Waals surface area contributed by atoms with Gasteiger partial charge in [-0.25, -0.2) is 0 Å². The molecule has 0 aliphatic heterocycles. The van der Waals surface area contributed by atoms with Crippen LogP contribution >= 0.6 is 0 Å². The summed E-state index contributed by atoms with van der Waals surface area (Å²) in [5.74, 6) is 0.108. The maximum atomic E-state index is 11.6. The largest absolute Gasteiger partial charge is 0.342 e. The average molecular weight is 195 g/mol. The van der Waals surface area contributed by atoms with E-state index in [0.29, 0.717) is 12.6 Å². The second kappa shape index (κ2) is 4.43. The van der Waals surface area contributed by atoms with Crippen LogP contribution in [0.2, 0.25) is 0 Å². The first-order chi connectivity index (χ1) is 6.56. The van der Waals surface area contributed by atoms with Crippen molar-refractivity contribution in [2.75, 3.05) is 20.6 Å². The van der Waals surface area contributed by atoms with Crippen LogP contribution in [0, 0.1) is 11.3 Å². The fraction of sp³-hybridized carbons (Fsp3) is 0.800. The summed E-state index contributed by atoms with van der Waals surface area (Å²) in [6, 6.07) is 2.36. The summed E-state index contributed by atoms with van der Waals surface area (Å²) in [7, 11) is 3.64. The number of nitrogens with zero attached hydrogens (tertiary/aromatic N) is 3. The Balaban J connectivity index is 2.36. The van der Waals surface area contributed by atoms with Crippen molar-refractivity contribution in [3.63, 3.8) is 0 Å². The van der Waals surface area contributed by atoms with Crippen molar-refractivity contribution in [1.82, 2.24) is 9.80 Å². The fourth-order valence-electron chi connectivity index (χ4n) is 1.23. The predicted molar refractivity (Wildman–Crippen MR) is 53.5 cm³/mol. The minimum absolute atomic E-state index is 0.108. The van der Waals surface area contributed by atoms with Gasteiger partial charge in [-0.2, -0.15) is 5.26 Å². The molecule has 0 aromatic rings. The van der Waals surface area contributed by atoms with Crippen LogP contribution in [0.3, 0.4) is 0 Å². The van der Waals surface area contributed by atoms with Crippen LogP contribution in [-0.4, -0.2) is 48.4 Å². The van der Waals surface area contributed by atoms with Crippen LogP contribution < -0.4 is 0 Å². The molecule has 0 radical (unpaired) electrons. The summed E-state index contributed by atoms with van der Waals surface area (Å²) >= 11 is 0. The second-order valence-corrected chi connectivity index (χ2v) is 3.96. The fourth-order valence-corrected chi connectivity index (χ4v) is 1.23. The van der Waals surface area contributed by atoms with Gasteiger partial charge in [0.1, 0.15) is 0 Å². The van der Waals surface area contributed by atoms with E-state index in [1.54, 1.807) is 23.8 Å². The molecule has 0 bridgehead atoms. The molecule has 1 rings (SSSR count). The Morgan fingerprint density at radius 2 is 2.14 bits per heavy atom. The van der Waals surface area contributed by atoms with Crippen LogP contribution in [0.5, 0.6) is 0 Å². The number of hydrogen-bond acceptors (Lipinski definition) is 3. The molecule has 1 unspecified atom stereocenters. The zero-order chi connectivity index (χ0) is 10.7. The standard InChI is InChI=1S/C10H17N3O/c1-8(6-11)12(2)7-10(14)13(3)9-4-5-9/h8-9H,4-5,7H2,1-3H3. The topological polar surface area (TPSA) is 47.3 Å². The molecule has 14 heavy (non-hydrogen) atoms. The van der Waals surface area contributed by atoms with E-state index in [1.807, 2.05) is 7.05 Å². The molecule has 4 nitrogen and oxygen atoms in total. The molecule has 1 amide bonds. The highest BCUT2D eigenvalue weighted by molar-refractivity contribution is 5.78. The van der Waals surface area contributed by atoms with Crippen LogP contribution in [0.25, 0.3) is 0 Å². The highest BCUT2D eigenvalue weighted by Crippen LogP contribution is 2.25. The summed E-state index contributed by atoms with van der Waals surface area (Å²) in [6.45, 7) is 2.13. The molecule has 0 heterocycles. The van der Waals surface area contributed by atoms with E-state index >= 15 is 0 Å². The predicted octanol–water partition coefficient (Wildman–Crippen LogP) is 0.451. The number of carbonyl (C=O) groups excluding carboxylic acids is 1. The minimum atomic E-state index is -0.202.